The Morgan fingerprint density at radius 2 is 1.75 bits per heavy atom. The molecule has 2 heterocycles. The summed E-state index contributed by atoms with van der Waals surface area (Å²) in [6, 6.07) is 17.0. The molecular formula is C23H26FN3O. The van der Waals surface area contributed by atoms with Crippen LogP contribution in [0.15, 0.2) is 60.8 Å². The lowest BCUT2D eigenvalue weighted by Crippen LogP contribution is -2.35. The van der Waals surface area contributed by atoms with E-state index in [4.69, 9.17) is 0 Å². The highest BCUT2D eigenvalue weighted by atomic mass is 19.1. The Morgan fingerprint density at radius 3 is 2.61 bits per heavy atom. The van der Waals surface area contributed by atoms with Crippen LogP contribution in [0.2, 0.25) is 0 Å². The summed E-state index contributed by atoms with van der Waals surface area (Å²) in [7, 11) is 0. The summed E-state index contributed by atoms with van der Waals surface area (Å²) < 4.78 is 15.2. The minimum Gasteiger partial charge on any atom is -0.347 e. The molecule has 1 aromatic heterocycles. The highest BCUT2D eigenvalue weighted by molar-refractivity contribution is 5.80. The summed E-state index contributed by atoms with van der Waals surface area (Å²) in [4.78, 5) is 17.1. The van der Waals surface area contributed by atoms with E-state index in [2.05, 4.69) is 33.9 Å². The van der Waals surface area contributed by atoms with Gasteiger partial charge in [-0.25, -0.2) is 4.39 Å². The van der Waals surface area contributed by atoms with Gasteiger partial charge in [0.1, 0.15) is 5.82 Å². The first-order chi connectivity index (χ1) is 13.7. The fourth-order valence-corrected chi connectivity index (χ4v) is 3.94. The molecule has 146 valence electrons. The Bertz CT molecular complexity index is 934. The first-order valence-electron chi connectivity index (χ1n) is 9.97. The molecule has 0 aliphatic carbocycles. The predicted octanol–water partition coefficient (Wildman–Crippen LogP) is 3.91. The number of benzene rings is 2. The molecular weight excluding hydrogens is 353 g/mol. The van der Waals surface area contributed by atoms with Crippen molar-refractivity contribution in [2.24, 2.45) is 0 Å². The van der Waals surface area contributed by atoms with E-state index in [0.717, 1.165) is 44.7 Å². The summed E-state index contributed by atoms with van der Waals surface area (Å²) in [5, 5.41) is 1.21. The van der Waals surface area contributed by atoms with E-state index < -0.39 is 0 Å². The quantitative estimate of drug-likeness (QED) is 0.673. The van der Waals surface area contributed by atoms with Crippen molar-refractivity contribution >= 4 is 16.8 Å². The van der Waals surface area contributed by atoms with Crippen molar-refractivity contribution in [2.75, 3.05) is 26.2 Å². The van der Waals surface area contributed by atoms with Crippen molar-refractivity contribution in [3.05, 3.63) is 72.2 Å². The van der Waals surface area contributed by atoms with E-state index in [0.29, 0.717) is 13.0 Å². The molecule has 1 saturated heterocycles. The molecule has 0 unspecified atom stereocenters. The highest BCUT2D eigenvalue weighted by Crippen LogP contribution is 2.16. The van der Waals surface area contributed by atoms with E-state index in [1.165, 1.54) is 23.0 Å². The van der Waals surface area contributed by atoms with Gasteiger partial charge in [-0.3, -0.25) is 9.69 Å². The minimum absolute atomic E-state index is 0.202. The molecule has 1 aliphatic heterocycles. The third kappa shape index (κ3) is 4.42. The SMILES string of the molecule is O=C(CCn1ccc2ccccc21)N1CCCN(Cc2ccc(F)cc2)CC1. The lowest BCUT2D eigenvalue weighted by Gasteiger charge is -2.22. The summed E-state index contributed by atoms with van der Waals surface area (Å²) in [6.07, 6.45) is 3.56. The largest absolute Gasteiger partial charge is 0.347 e. The molecule has 0 radical (unpaired) electrons. The average Bonchev–Trinajstić information content (AvgIpc) is 2.98. The van der Waals surface area contributed by atoms with Gasteiger partial charge in [-0.1, -0.05) is 30.3 Å². The Morgan fingerprint density at radius 1 is 0.929 bits per heavy atom. The van der Waals surface area contributed by atoms with E-state index in [1.54, 1.807) is 0 Å². The molecule has 0 spiro atoms. The Balaban J connectivity index is 1.30. The van der Waals surface area contributed by atoms with Gasteiger partial charge in [0.05, 0.1) is 0 Å². The van der Waals surface area contributed by atoms with E-state index in [1.807, 2.05) is 29.2 Å². The first kappa shape index (κ1) is 18.7. The highest BCUT2D eigenvalue weighted by Gasteiger charge is 2.19. The van der Waals surface area contributed by atoms with Crippen molar-refractivity contribution in [2.45, 2.75) is 25.9 Å². The van der Waals surface area contributed by atoms with Crippen LogP contribution in [0.5, 0.6) is 0 Å². The van der Waals surface area contributed by atoms with Crippen molar-refractivity contribution in [1.29, 1.82) is 0 Å². The summed E-state index contributed by atoms with van der Waals surface area (Å²) in [5.41, 5.74) is 2.29. The maximum atomic E-state index is 13.1. The zero-order chi connectivity index (χ0) is 19.3. The molecule has 3 aromatic rings. The van der Waals surface area contributed by atoms with Gasteiger partial charge >= 0.3 is 0 Å². The van der Waals surface area contributed by atoms with Crippen molar-refractivity contribution in [3.63, 3.8) is 0 Å². The predicted molar refractivity (Wildman–Crippen MR) is 109 cm³/mol. The Labute approximate surface area is 165 Å². The minimum atomic E-state index is -0.202. The van der Waals surface area contributed by atoms with Crippen LogP contribution in [-0.2, 0) is 17.9 Å². The number of amides is 1. The summed E-state index contributed by atoms with van der Waals surface area (Å²) in [6.45, 7) is 4.90. The van der Waals surface area contributed by atoms with Gasteiger partial charge in [0.25, 0.3) is 0 Å². The summed E-state index contributed by atoms with van der Waals surface area (Å²) in [5.74, 6) is 0.0215. The molecule has 2 aromatic carbocycles. The van der Waals surface area contributed by atoms with E-state index in [-0.39, 0.29) is 11.7 Å². The number of para-hydroxylation sites is 1. The van der Waals surface area contributed by atoms with Crippen LogP contribution in [0.1, 0.15) is 18.4 Å². The number of aromatic nitrogens is 1. The van der Waals surface area contributed by atoms with Gasteiger partial charge in [0.2, 0.25) is 5.91 Å². The number of carbonyl (C=O) groups is 1. The molecule has 0 N–H and O–H groups in total. The molecule has 0 atom stereocenters. The average molecular weight is 379 g/mol. The van der Waals surface area contributed by atoms with Crippen molar-refractivity contribution in [1.82, 2.24) is 14.4 Å². The van der Waals surface area contributed by atoms with Crippen LogP contribution < -0.4 is 0 Å². The second-order valence-electron chi connectivity index (χ2n) is 7.45. The van der Waals surface area contributed by atoms with E-state index >= 15 is 0 Å². The summed E-state index contributed by atoms with van der Waals surface area (Å²) >= 11 is 0. The van der Waals surface area contributed by atoms with Crippen molar-refractivity contribution < 1.29 is 9.18 Å². The van der Waals surface area contributed by atoms with Crippen LogP contribution in [0.3, 0.4) is 0 Å². The second-order valence-corrected chi connectivity index (χ2v) is 7.45. The lowest BCUT2D eigenvalue weighted by atomic mass is 10.2. The Kier molecular flexibility index (Phi) is 5.72. The fourth-order valence-electron chi connectivity index (χ4n) is 3.94. The van der Waals surface area contributed by atoms with Gasteiger partial charge in [-0.15, -0.1) is 0 Å². The molecule has 0 saturated carbocycles. The second kappa shape index (κ2) is 8.57. The zero-order valence-corrected chi connectivity index (χ0v) is 16.1. The Hall–Kier alpha value is -2.66. The van der Waals surface area contributed by atoms with Crippen LogP contribution in [0.25, 0.3) is 10.9 Å². The number of fused-ring (bicyclic) bond motifs is 1. The molecule has 4 nitrogen and oxygen atoms in total. The van der Waals surface area contributed by atoms with Gasteiger partial charge in [-0.2, -0.15) is 0 Å². The number of aryl methyl sites for hydroxylation is 1. The normalized spacial score (nSPS) is 15.7. The van der Waals surface area contributed by atoms with Crippen LogP contribution in [-0.4, -0.2) is 46.5 Å². The molecule has 4 rings (SSSR count). The molecule has 5 heteroatoms. The monoisotopic (exact) mass is 379 g/mol. The van der Waals surface area contributed by atoms with Crippen LogP contribution in [0.4, 0.5) is 4.39 Å². The van der Waals surface area contributed by atoms with Gasteiger partial charge in [0.15, 0.2) is 0 Å². The maximum Gasteiger partial charge on any atom is 0.224 e. The van der Waals surface area contributed by atoms with Crippen molar-refractivity contribution in [3.8, 4) is 0 Å². The van der Waals surface area contributed by atoms with Crippen LogP contribution in [0, 0.1) is 5.82 Å². The molecule has 1 fully saturated rings. The number of hydrogen-bond donors (Lipinski definition) is 0. The van der Waals surface area contributed by atoms with Gasteiger partial charge in [-0.05, 0) is 41.6 Å². The fraction of sp³-hybridized carbons (Fsp3) is 0.348. The number of rotatable bonds is 5. The third-order valence-corrected chi connectivity index (χ3v) is 5.51. The smallest absolute Gasteiger partial charge is 0.224 e. The third-order valence-electron chi connectivity index (χ3n) is 5.51. The number of nitrogens with zero attached hydrogens (tertiary/aromatic N) is 3. The number of halogens is 1. The van der Waals surface area contributed by atoms with Crippen LogP contribution >= 0.6 is 0 Å². The first-order valence-corrected chi connectivity index (χ1v) is 9.97. The lowest BCUT2D eigenvalue weighted by molar-refractivity contribution is -0.131. The van der Waals surface area contributed by atoms with Gasteiger partial charge < -0.3 is 9.47 Å². The maximum absolute atomic E-state index is 13.1. The molecule has 0 bridgehead atoms. The number of hydrogen-bond acceptors (Lipinski definition) is 2. The molecule has 1 aliphatic rings. The van der Waals surface area contributed by atoms with E-state index in [9.17, 15) is 9.18 Å². The van der Waals surface area contributed by atoms with Gasteiger partial charge in [0, 0.05) is 57.4 Å². The molecule has 1 amide bonds. The standard InChI is InChI=1S/C23H26FN3O/c24-21-8-6-19(7-9-21)18-25-12-3-13-27(17-16-25)23(28)11-15-26-14-10-20-4-1-2-5-22(20)26/h1-2,4-10,14H,3,11-13,15-18H2. The topological polar surface area (TPSA) is 28.5 Å². The zero-order valence-electron chi connectivity index (χ0n) is 16.1. The number of carbonyl (C=O) groups excluding carboxylic acids is 1. The molecule has 28 heavy (non-hydrogen) atoms.